The monoisotopic (exact) mass is 401 g/mol. The molecule has 4 rings (SSSR count). The first-order valence-electron chi connectivity index (χ1n) is 9.75. The Labute approximate surface area is 169 Å². The molecule has 2 amide bonds. The van der Waals surface area contributed by atoms with Crippen LogP contribution < -0.4 is 10.2 Å². The number of rotatable bonds is 5. The lowest BCUT2D eigenvalue weighted by Gasteiger charge is -2.30. The number of carbonyl (C=O) groups is 2. The van der Waals surface area contributed by atoms with Crippen LogP contribution in [-0.2, 0) is 16.1 Å². The van der Waals surface area contributed by atoms with Crippen LogP contribution in [0.4, 0.5) is 11.4 Å². The number of halogens is 1. The predicted molar refractivity (Wildman–Crippen MR) is 108 cm³/mol. The summed E-state index contributed by atoms with van der Waals surface area (Å²) in [5.41, 5.74) is 1.71. The zero-order chi connectivity index (χ0) is 19.5. The van der Waals surface area contributed by atoms with Crippen molar-refractivity contribution in [2.75, 3.05) is 29.9 Å². The molecule has 148 valence electrons. The fourth-order valence-electron chi connectivity index (χ4n) is 3.95. The minimum Gasteiger partial charge on any atom is -0.467 e. The van der Waals surface area contributed by atoms with Gasteiger partial charge in [0.1, 0.15) is 5.76 Å². The van der Waals surface area contributed by atoms with E-state index in [-0.39, 0.29) is 24.2 Å². The van der Waals surface area contributed by atoms with Crippen LogP contribution in [0, 0.1) is 5.92 Å². The van der Waals surface area contributed by atoms with Crippen LogP contribution in [0.5, 0.6) is 0 Å². The largest absolute Gasteiger partial charge is 0.467 e. The van der Waals surface area contributed by atoms with Crippen LogP contribution in [0.1, 0.15) is 31.4 Å². The van der Waals surface area contributed by atoms with E-state index < -0.39 is 0 Å². The number of hydrogen-bond donors (Lipinski definition) is 1. The van der Waals surface area contributed by atoms with Gasteiger partial charge >= 0.3 is 0 Å². The molecule has 3 heterocycles. The second-order valence-corrected chi connectivity index (χ2v) is 7.89. The summed E-state index contributed by atoms with van der Waals surface area (Å²) in [7, 11) is 0. The zero-order valence-electron chi connectivity index (χ0n) is 15.7. The number of carbonyl (C=O) groups excluding carboxylic acids is 2. The molecular weight excluding hydrogens is 378 g/mol. The number of benzene rings is 1. The fraction of sp³-hybridized carbons (Fsp3) is 0.429. The molecule has 2 aromatic rings. The Morgan fingerprint density at radius 1 is 1.21 bits per heavy atom. The number of hydrogen-bond acceptors (Lipinski definition) is 4. The van der Waals surface area contributed by atoms with Crippen molar-refractivity contribution in [1.82, 2.24) is 4.90 Å². The average Bonchev–Trinajstić information content (AvgIpc) is 3.33. The maximum Gasteiger partial charge on any atom is 0.229 e. The van der Waals surface area contributed by atoms with Gasteiger partial charge in [0.05, 0.1) is 30.1 Å². The Morgan fingerprint density at radius 2 is 2.04 bits per heavy atom. The summed E-state index contributed by atoms with van der Waals surface area (Å²) in [5.74, 6) is 0.169. The van der Waals surface area contributed by atoms with E-state index in [1.165, 1.54) is 6.42 Å². The van der Waals surface area contributed by atoms with E-state index in [1.807, 2.05) is 18.2 Å². The van der Waals surface area contributed by atoms with E-state index in [9.17, 15) is 9.59 Å². The topological polar surface area (TPSA) is 65.8 Å². The molecule has 0 spiro atoms. The van der Waals surface area contributed by atoms with Gasteiger partial charge in [0.25, 0.3) is 0 Å². The number of nitrogens with one attached hydrogen (secondary N) is 1. The minimum absolute atomic E-state index is 0.0288. The summed E-state index contributed by atoms with van der Waals surface area (Å²) in [6, 6.07) is 9.23. The number of nitrogens with zero attached hydrogens (tertiary/aromatic N) is 2. The molecule has 1 aromatic heterocycles. The van der Waals surface area contributed by atoms with Gasteiger partial charge in [-0.1, -0.05) is 11.6 Å². The second kappa shape index (κ2) is 8.27. The Kier molecular flexibility index (Phi) is 5.57. The van der Waals surface area contributed by atoms with Crippen LogP contribution >= 0.6 is 11.6 Å². The SMILES string of the molecule is O=C(Nc1cc(Cl)ccc1N1CCCCC1)C1CC(=O)N(Cc2ccco2)C1. The van der Waals surface area contributed by atoms with Crippen molar-refractivity contribution in [1.29, 1.82) is 0 Å². The van der Waals surface area contributed by atoms with Crippen molar-refractivity contribution < 1.29 is 14.0 Å². The van der Waals surface area contributed by atoms with Crippen LogP contribution in [0.2, 0.25) is 5.02 Å². The maximum absolute atomic E-state index is 12.9. The lowest BCUT2D eigenvalue weighted by atomic mass is 10.1. The highest BCUT2D eigenvalue weighted by Crippen LogP contribution is 2.32. The first kappa shape index (κ1) is 18.9. The van der Waals surface area contributed by atoms with Crippen LogP contribution in [0.15, 0.2) is 41.0 Å². The molecule has 0 radical (unpaired) electrons. The first-order chi connectivity index (χ1) is 13.6. The van der Waals surface area contributed by atoms with Gasteiger partial charge in [-0.2, -0.15) is 0 Å². The predicted octanol–water partition coefficient (Wildman–Crippen LogP) is 3.91. The van der Waals surface area contributed by atoms with E-state index in [0.717, 1.165) is 43.1 Å². The fourth-order valence-corrected chi connectivity index (χ4v) is 4.12. The summed E-state index contributed by atoms with van der Waals surface area (Å²) in [4.78, 5) is 29.2. The molecule has 1 N–H and O–H groups in total. The van der Waals surface area contributed by atoms with Gasteiger partial charge in [-0.25, -0.2) is 0 Å². The van der Waals surface area contributed by atoms with Crippen molar-refractivity contribution in [3.63, 3.8) is 0 Å². The molecule has 2 saturated heterocycles. The number of amides is 2. The van der Waals surface area contributed by atoms with Crippen molar-refractivity contribution in [3.05, 3.63) is 47.4 Å². The highest BCUT2D eigenvalue weighted by atomic mass is 35.5. The van der Waals surface area contributed by atoms with E-state index in [4.69, 9.17) is 16.0 Å². The molecule has 0 aliphatic carbocycles. The molecule has 1 aromatic carbocycles. The van der Waals surface area contributed by atoms with Crippen LogP contribution in [-0.4, -0.2) is 36.3 Å². The van der Waals surface area contributed by atoms with Crippen molar-refractivity contribution >= 4 is 34.8 Å². The molecule has 1 atom stereocenters. The van der Waals surface area contributed by atoms with Gasteiger partial charge in [-0.15, -0.1) is 0 Å². The van der Waals surface area contributed by atoms with E-state index in [0.29, 0.717) is 18.1 Å². The average molecular weight is 402 g/mol. The Bertz CT molecular complexity index is 847. The van der Waals surface area contributed by atoms with E-state index >= 15 is 0 Å². The third kappa shape index (κ3) is 4.17. The lowest BCUT2D eigenvalue weighted by molar-refractivity contribution is -0.128. The quantitative estimate of drug-likeness (QED) is 0.824. The summed E-state index contributed by atoms with van der Waals surface area (Å²) >= 11 is 6.18. The summed E-state index contributed by atoms with van der Waals surface area (Å²) < 4.78 is 5.32. The molecule has 0 bridgehead atoms. The molecule has 1 unspecified atom stereocenters. The highest BCUT2D eigenvalue weighted by Gasteiger charge is 2.35. The number of anilines is 2. The Hall–Kier alpha value is -2.47. The maximum atomic E-state index is 12.9. The van der Waals surface area contributed by atoms with Gasteiger partial charge in [0.15, 0.2) is 0 Å². The Balaban J connectivity index is 1.45. The van der Waals surface area contributed by atoms with E-state index in [1.54, 1.807) is 23.3 Å². The van der Waals surface area contributed by atoms with E-state index in [2.05, 4.69) is 10.2 Å². The lowest BCUT2D eigenvalue weighted by Crippen LogP contribution is -2.31. The minimum atomic E-state index is -0.379. The molecule has 2 aliphatic heterocycles. The van der Waals surface area contributed by atoms with Crippen molar-refractivity contribution in [2.45, 2.75) is 32.2 Å². The molecule has 0 saturated carbocycles. The molecule has 2 aliphatic rings. The van der Waals surface area contributed by atoms with Gasteiger partial charge in [0.2, 0.25) is 11.8 Å². The molecule has 2 fully saturated rings. The summed E-state index contributed by atoms with van der Waals surface area (Å²) in [6.07, 6.45) is 5.33. The van der Waals surface area contributed by atoms with Crippen molar-refractivity contribution in [2.24, 2.45) is 5.92 Å². The second-order valence-electron chi connectivity index (χ2n) is 7.45. The van der Waals surface area contributed by atoms with Gasteiger partial charge in [-0.05, 0) is 49.6 Å². The van der Waals surface area contributed by atoms with Crippen LogP contribution in [0.25, 0.3) is 0 Å². The first-order valence-corrected chi connectivity index (χ1v) is 10.1. The van der Waals surface area contributed by atoms with Gasteiger partial charge in [0, 0.05) is 31.1 Å². The third-order valence-electron chi connectivity index (χ3n) is 5.43. The standard InChI is InChI=1S/C21H24ClN3O3/c22-16-6-7-19(24-8-2-1-3-9-24)18(12-16)23-21(27)15-11-20(26)25(13-15)14-17-5-4-10-28-17/h4-7,10,12,15H,1-3,8-9,11,13-14H2,(H,23,27). The number of furan rings is 1. The number of likely N-dealkylation sites (tertiary alicyclic amines) is 1. The summed E-state index contributed by atoms with van der Waals surface area (Å²) in [6.45, 7) is 2.74. The van der Waals surface area contributed by atoms with Crippen molar-refractivity contribution in [3.8, 4) is 0 Å². The molecular formula is C21H24ClN3O3. The highest BCUT2D eigenvalue weighted by molar-refractivity contribution is 6.31. The third-order valence-corrected chi connectivity index (χ3v) is 5.66. The molecule has 28 heavy (non-hydrogen) atoms. The zero-order valence-corrected chi connectivity index (χ0v) is 16.5. The molecule has 6 nitrogen and oxygen atoms in total. The Morgan fingerprint density at radius 3 is 2.79 bits per heavy atom. The van der Waals surface area contributed by atoms with Crippen LogP contribution in [0.3, 0.4) is 0 Å². The normalized spacial score (nSPS) is 19.9. The number of piperidine rings is 1. The summed E-state index contributed by atoms with van der Waals surface area (Å²) in [5, 5.41) is 3.60. The van der Waals surface area contributed by atoms with Gasteiger partial charge < -0.3 is 19.5 Å². The van der Waals surface area contributed by atoms with Gasteiger partial charge in [-0.3, -0.25) is 9.59 Å². The molecule has 7 heteroatoms. The smallest absolute Gasteiger partial charge is 0.229 e.